The smallest absolute Gasteiger partial charge is 0.0663 e. The minimum Gasteiger partial charge on any atom is -0.155 e. The van der Waals surface area contributed by atoms with Gasteiger partial charge in [-0.25, -0.2) is 0 Å². The molecule has 0 saturated carbocycles. The van der Waals surface area contributed by atoms with Crippen molar-refractivity contribution in [1.29, 1.82) is 0 Å². The monoisotopic (exact) mass is 206 g/mol. The predicted molar refractivity (Wildman–Crippen MR) is 64.1 cm³/mol. The lowest BCUT2D eigenvalue weighted by atomic mass is 10.0. The van der Waals surface area contributed by atoms with Crippen LogP contribution in [0.2, 0.25) is 0 Å². The second-order valence-electron chi connectivity index (χ2n) is 4.29. The van der Waals surface area contributed by atoms with Crippen LogP contribution in [0.4, 0.5) is 0 Å². The Balaban J connectivity index is 2.58. The summed E-state index contributed by atoms with van der Waals surface area (Å²) < 4.78 is 0. The molecule has 0 aliphatic carbocycles. The van der Waals surface area contributed by atoms with Gasteiger partial charge in [0.2, 0.25) is 0 Å². The SMILES string of the molecule is CCCCCCc1nnc(C)c(C)c1C. The molecule has 0 unspecified atom stereocenters. The maximum absolute atomic E-state index is 4.29. The topological polar surface area (TPSA) is 25.8 Å². The van der Waals surface area contributed by atoms with E-state index < -0.39 is 0 Å². The van der Waals surface area contributed by atoms with Gasteiger partial charge in [0, 0.05) is 0 Å². The van der Waals surface area contributed by atoms with Gasteiger partial charge in [-0.2, -0.15) is 10.2 Å². The molecule has 0 fully saturated rings. The van der Waals surface area contributed by atoms with Crippen molar-refractivity contribution in [2.45, 2.75) is 59.8 Å². The van der Waals surface area contributed by atoms with Gasteiger partial charge >= 0.3 is 0 Å². The van der Waals surface area contributed by atoms with Gasteiger partial charge in [0.1, 0.15) is 0 Å². The molecule has 2 heteroatoms. The number of nitrogens with zero attached hydrogens (tertiary/aromatic N) is 2. The maximum atomic E-state index is 4.29. The van der Waals surface area contributed by atoms with Crippen LogP contribution in [0, 0.1) is 20.8 Å². The van der Waals surface area contributed by atoms with Crippen molar-refractivity contribution in [2.75, 3.05) is 0 Å². The summed E-state index contributed by atoms with van der Waals surface area (Å²) in [6.07, 6.45) is 6.26. The molecule has 0 radical (unpaired) electrons. The zero-order valence-corrected chi connectivity index (χ0v) is 10.4. The molecule has 1 rings (SSSR count). The molecular formula is C13H22N2. The van der Waals surface area contributed by atoms with E-state index in [1.807, 2.05) is 6.92 Å². The van der Waals surface area contributed by atoms with Crippen molar-refractivity contribution < 1.29 is 0 Å². The van der Waals surface area contributed by atoms with Crippen LogP contribution in [0.15, 0.2) is 0 Å². The molecule has 0 bridgehead atoms. The zero-order chi connectivity index (χ0) is 11.3. The van der Waals surface area contributed by atoms with Crippen molar-refractivity contribution in [1.82, 2.24) is 10.2 Å². The van der Waals surface area contributed by atoms with Crippen molar-refractivity contribution in [2.24, 2.45) is 0 Å². The Labute approximate surface area is 93.1 Å². The van der Waals surface area contributed by atoms with Crippen LogP contribution < -0.4 is 0 Å². The molecular weight excluding hydrogens is 184 g/mol. The fraction of sp³-hybridized carbons (Fsp3) is 0.692. The Hall–Kier alpha value is -0.920. The quantitative estimate of drug-likeness (QED) is 0.689. The van der Waals surface area contributed by atoms with Crippen LogP contribution >= 0.6 is 0 Å². The van der Waals surface area contributed by atoms with Gasteiger partial charge in [-0.3, -0.25) is 0 Å². The van der Waals surface area contributed by atoms with Crippen LogP contribution in [0.3, 0.4) is 0 Å². The molecule has 2 nitrogen and oxygen atoms in total. The highest BCUT2D eigenvalue weighted by molar-refractivity contribution is 5.29. The van der Waals surface area contributed by atoms with Gasteiger partial charge in [0.15, 0.2) is 0 Å². The van der Waals surface area contributed by atoms with Gasteiger partial charge in [-0.05, 0) is 44.7 Å². The van der Waals surface area contributed by atoms with E-state index in [-0.39, 0.29) is 0 Å². The third kappa shape index (κ3) is 3.29. The lowest BCUT2D eigenvalue weighted by Gasteiger charge is -2.08. The number of unbranched alkanes of at least 4 members (excludes halogenated alkanes) is 3. The van der Waals surface area contributed by atoms with Crippen molar-refractivity contribution in [3.8, 4) is 0 Å². The Bertz CT molecular complexity index is 319. The third-order valence-corrected chi connectivity index (χ3v) is 3.13. The second kappa shape index (κ2) is 5.84. The minimum atomic E-state index is 1.06. The van der Waals surface area contributed by atoms with E-state index in [1.54, 1.807) is 0 Å². The molecule has 1 heterocycles. The molecule has 84 valence electrons. The average Bonchev–Trinajstić information content (AvgIpc) is 2.24. The van der Waals surface area contributed by atoms with Gasteiger partial charge in [0.25, 0.3) is 0 Å². The number of hydrogen-bond acceptors (Lipinski definition) is 2. The summed E-state index contributed by atoms with van der Waals surface area (Å²) in [4.78, 5) is 0. The Morgan fingerprint density at radius 1 is 0.867 bits per heavy atom. The molecule has 0 saturated heterocycles. The largest absolute Gasteiger partial charge is 0.155 e. The zero-order valence-electron chi connectivity index (χ0n) is 10.4. The summed E-state index contributed by atoms with van der Waals surface area (Å²) in [7, 11) is 0. The van der Waals surface area contributed by atoms with Crippen molar-refractivity contribution >= 4 is 0 Å². The van der Waals surface area contributed by atoms with E-state index in [0.29, 0.717) is 0 Å². The second-order valence-corrected chi connectivity index (χ2v) is 4.29. The standard InChI is InChI=1S/C13H22N2/c1-5-6-7-8-9-13-11(3)10(2)12(4)14-15-13/h5-9H2,1-4H3. The van der Waals surface area contributed by atoms with E-state index in [1.165, 1.54) is 42.5 Å². The Morgan fingerprint density at radius 3 is 2.27 bits per heavy atom. The first-order valence-corrected chi connectivity index (χ1v) is 5.96. The number of rotatable bonds is 5. The lowest BCUT2D eigenvalue weighted by Crippen LogP contribution is -2.02. The van der Waals surface area contributed by atoms with Gasteiger partial charge in [-0.1, -0.05) is 26.2 Å². The Kier molecular flexibility index (Phi) is 4.73. The molecule has 0 aliphatic heterocycles. The van der Waals surface area contributed by atoms with E-state index in [2.05, 4.69) is 31.0 Å². The van der Waals surface area contributed by atoms with Gasteiger partial charge < -0.3 is 0 Å². The fourth-order valence-corrected chi connectivity index (χ4v) is 1.73. The molecule has 0 amide bonds. The highest BCUT2D eigenvalue weighted by Gasteiger charge is 2.05. The highest BCUT2D eigenvalue weighted by atomic mass is 15.1. The minimum absolute atomic E-state index is 1.06. The summed E-state index contributed by atoms with van der Waals surface area (Å²) in [5.74, 6) is 0. The predicted octanol–water partition coefficient (Wildman–Crippen LogP) is 3.52. The molecule has 15 heavy (non-hydrogen) atoms. The van der Waals surface area contributed by atoms with Gasteiger partial charge in [-0.15, -0.1) is 0 Å². The lowest BCUT2D eigenvalue weighted by molar-refractivity contribution is 0.652. The molecule has 0 aliphatic rings. The first-order chi connectivity index (χ1) is 7.16. The third-order valence-electron chi connectivity index (χ3n) is 3.13. The first kappa shape index (κ1) is 12.2. The summed E-state index contributed by atoms with van der Waals surface area (Å²) in [6, 6.07) is 0. The normalized spacial score (nSPS) is 10.7. The molecule has 1 aromatic rings. The van der Waals surface area contributed by atoms with Crippen LogP contribution in [0.25, 0.3) is 0 Å². The van der Waals surface area contributed by atoms with E-state index in [0.717, 1.165) is 12.1 Å². The highest BCUT2D eigenvalue weighted by Crippen LogP contribution is 2.14. The van der Waals surface area contributed by atoms with Crippen molar-refractivity contribution in [3.05, 3.63) is 22.5 Å². The van der Waals surface area contributed by atoms with Gasteiger partial charge in [0.05, 0.1) is 11.4 Å². The summed E-state index contributed by atoms with van der Waals surface area (Å²) in [6.45, 7) is 8.55. The average molecular weight is 206 g/mol. The maximum Gasteiger partial charge on any atom is 0.0663 e. The van der Waals surface area contributed by atoms with Crippen LogP contribution in [-0.4, -0.2) is 10.2 Å². The number of aromatic nitrogens is 2. The molecule has 0 N–H and O–H groups in total. The molecule has 0 spiro atoms. The summed E-state index contributed by atoms with van der Waals surface area (Å²) in [5, 5.41) is 8.47. The molecule has 1 aromatic heterocycles. The van der Waals surface area contributed by atoms with Crippen LogP contribution in [0.1, 0.15) is 55.1 Å². The van der Waals surface area contributed by atoms with E-state index in [9.17, 15) is 0 Å². The first-order valence-electron chi connectivity index (χ1n) is 5.96. The number of aryl methyl sites for hydroxylation is 2. The van der Waals surface area contributed by atoms with E-state index in [4.69, 9.17) is 0 Å². The summed E-state index contributed by atoms with van der Waals surface area (Å²) >= 11 is 0. The summed E-state index contributed by atoms with van der Waals surface area (Å²) in [5.41, 5.74) is 4.88. The Morgan fingerprint density at radius 2 is 1.60 bits per heavy atom. The van der Waals surface area contributed by atoms with E-state index >= 15 is 0 Å². The van der Waals surface area contributed by atoms with Crippen LogP contribution in [-0.2, 0) is 6.42 Å². The van der Waals surface area contributed by atoms with Crippen LogP contribution in [0.5, 0.6) is 0 Å². The fourth-order valence-electron chi connectivity index (χ4n) is 1.73. The molecule has 0 atom stereocenters. The van der Waals surface area contributed by atoms with Crippen molar-refractivity contribution in [3.63, 3.8) is 0 Å². The number of hydrogen-bond donors (Lipinski definition) is 0. The molecule has 0 aromatic carbocycles.